The first kappa shape index (κ1) is 17.0. The van der Waals surface area contributed by atoms with Crippen molar-refractivity contribution in [2.45, 2.75) is 83.5 Å². The van der Waals surface area contributed by atoms with Crippen LogP contribution in [0.2, 0.25) is 0 Å². The molecule has 0 fully saturated rings. The summed E-state index contributed by atoms with van der Waals surface area (Å²) in [6, 6.07) is 2.20. The molecule has 1 atom stereocenters. The van der Waals surface area contributed by atoms with E-state index < -0.39 is 0 Å². The van der Waals surface area contributed by atoms with E-state index in [2.05, 4.69) is 30.4 Å². The zero-order valence-corrected chi connectivity index (χ0v) is 13.0. The van der Waals surface area contributed by atoms with Gasteiger partial charge in [-0.05, 0) is 57.3 Å². The van der Waals surface area contributed by atoms with Crippen LogP contribution in [0.25, 0.3) is 0 Å². The van der Waals surface area contributed by atoms with Gasteiger partial charge in [0.2, 0.25) is 0 Å². The molecule has 0 radical (unpaired) electrons. The van der Waals surface area contributed by atoms with Gasteiger partial charge in [-0.1, -0.05) is 50.0 Å². The van der Waals surface area contributed by atoms with Crippen LogP contribution in [0.5, 0.6) is 0 Å². The minimum Gasteiger partial charge on any atom is -0.198 e. The fourth-order valence-corrected chi connectivity index (χ4v) is 2.84. The zero-order chi connectivity index (χ0) is 14.3. The molecule has 0 saturated heterocycles. The van der Waals surface area contributed by atoms with Crippen LogP contribution in [0.3, 0.4) is 0 Å². The Morgan fingerprint density at radius 3 is 2.30 bits per heavy atom. The number of nitrogens with zero attached hydrogens (tertiary/aromatic N) is 1. The molecule has 1 aliphatic carbocycles. The van der Waals surface area contributed by atoms with E-state index in [4.69, 9.17) is 5.26 Å². The summed E-state index contributed by atoms with van der Waals surface area (Å²) < 4.78 is 0. The van der Waals surface area contributed by atoms with Crippen molar-refractivity contribution in [2.24, 2.45) is 5.92 Å². The van der Waals surface area contributed by atoms with Crippen molar-refractivity contribution in [3.8, 4) is 6.07 Å². The molecule has 0 aliphatic heterocycles. The van der Waals surface area contributed by atoms with Gasteiger partial charge >= 0.3 is 0 Å². The van der Waals surface area contributed by atoms with Crippen molar-refractivity contribution < 1.29 is 0 Å². The van der Waals surface area contributed by atoms with Crippen LogP contribution >= 0.6 is 0 Å². The van der Waals surface area contributed by atoms with Crippen LogP contribution in [0.15, 0.2) is 24.3 Å². The molecule has 1 nitrogen and oxygen atoms in total. The van der Waals surface area contributed by atoms with E-state index >= 15 is 0 Å². The SMILES string of the molecule is N#CCCCCCC=CCCCCCCC1C=CCC1. The Kier molecular flexibility index (Phi) is 11.0. The topological polar surface area (TPSA) is 23.8 Å². The lowest BCUT2D eigenvalue weighted by Gasteiger charge is -2.06. The van der Waals surface area contributed by atoms with Gasteiger partial charge in [-0.25, -0.2) is 0 Å². The van der Waals surface area contributed by atoms with E-state index in [-0.39, 0.29) is 0 Å². The van der Waals surface area contributed by atoms with Crippen LogP contribution in [-0.4, -0.2) is 0 Å². The molecule has 20 heavy (non-hydrogen) atoms. The summed E-state index contributed by atoms with van der Waals surface area (Å²) in [5.41, 5.74) is 0. The molecule has 112 valence electrons. The quantitative estimate of drug-likeness (QED) is 0.301. The van der Waals surface area contributed by atoms with E-state index in [0.29, 0.717) is 0 Å². The maximum atomic E-state index is 8.42. The zero-order valence-electron chi connectivity index (χ0n) is 13.0. The minimum absolute atomic E-state index is 0.723. The summed E-state index contributed by atoms with van der Waals surface area (Å²) in [7, 11) is 0. The standard InChI is InChI=1S/C19H31N/c20-18-14-10-8-6-4-2-1-3-5-7-9-11-15-19-16-12-13-17-19/h1-2,12,16,19H,3-11,13-15,17H2. The average molecular weight is 273 g/mol. The van der Waals surface area contributed by atoms with Gasteiger partial charge in [-0.15, -0.1) is 0 Å². The second kappa shape index (κ2) is 13.0. The molecule has 0 spiro atoms. The highest BCUT2D eigenvalue weighted by Gasteiger charge is 2.07. The maximum absolute atomic E-state index is 8.42. The first-order valence-electron chi connectivity index (χ1n) is 8.62. The Hall–Kier alpha value is -1.03. The number of unbranched alkanes of at least 4 members (excludes halogenated alkanes) is 8. The van der Waals surface area contributed by atoms with E-state index in [1.54, 1.807) is 0 Å². The molecule has 1 heteroatoms. The number of hydrogen-bond acceptors (Lipinski definition) is 1. The summed E-state index contributed by atoms with van der Waals surface area (Å²) >= 11 is 0. The first-order chi connectivity index (χ1) is 9.93. The molecule has 0 amide bonds. The molecular weight excluding hydrogens is 242 g/mol. The maximum Gasteiger partial charge on any atom is 0.0621 e. The molecule has 1 unspecified atom stereocenters. The second-order valence-corrected chi connectivity index (χ2v) is 5.99. The monoisotopic (exact) mass is 273 g/mol. The van der Waals surface area contributed by atoms with Crippen molar-refractivity contribution in [2.75, 3.05) is 0 Å². The molecule has 1 rings (SSSR count). The van der Waals surface area contributed by atoms with E-state index in [1.165, 1.54) is 70.6 Å². The molecule has 1 aliphatic rings. The van der Waals surface area contributed by atoms with Crippen LogP contribution in [0.1, 0.15) is 83.5 Å². The van der Waals surface area contributed by atoms with Gasteiger partial charge in [-0.2, -0.15) is 5.26 Å². The third kappa shape index (κ3) is 9.84. The second-order valence-electron chi connectivity index (χ2n) is 5.99. The Morgan fingerprint density at radius 1 is 0.950 bits per heavy atom. The van der Waals surface area contributed by atoms with Crippen LogP contribution in [0, 0.1) is 17.2 Å². The Bertz CT molecular complexity index is 308. The van der Waals surface area contributed by atoms with Gasteiger partial charge in [0.1, 0.15) is 0 Å². The predicted octanol–water partition coefficient (Wildman–Crippen LogP) is 6.32. The van der Waals surface area contributed by atoms with Crippen LogP contribution in [-0.2, 0) is 0 Å². The number of nitriles is 1. The molecule has 0 N–H and O–H groups in total. The van der Waals surface area contributed by atoms with Crippen molar-refractivity contribution in [1.82, 2.24) is 0 Å². The van der Waals surface area contributed by atoms with E-state index in [0.717, 1.165) is 18.8 Å². The summed E-state index contributed by atoms with van der Waals surface area (Å²) in [6.45, 7) is 0. The first-order valence-corrected chi connectivity index (χ1v) is 8.62. The number of allylic oxidation sites excluding steroid dienone is 4. The van der Waals surface area contributed by atoms with Gasteiger partial charge in [0, 0.05) is 6.42 Å². The summed E-state index contributed by atoms with van der Waals surface area (Å²) in [6.07, 6.45) is 25.8. The van der Waals surface area contributed by atoms with Crippen molar-refractivity contribution in [3.05, 3.63) is 24.3 Å². The molecule has 0 heterocycles. The molecule has 0 saturated carbocycles. The van der Waals surface area contributed by atoms with E-state index in [9.17, 15) is 0 Å². The van der Waals surface area contributed by atoms with Gasteiger partial charge in [0.15, 0.2) is 0 Å². The molecular formula is C19H31N. The van der Waals surface area contributed by atoms with Gasteiger partial charge in [0.05, 0.1) is 6.07 Å². The molecule has 0 bridgehead atoms. The summed E-state index contributed by atoms with van der Waals surface area (Å²) in [4.78, 5) is 0. The third-order valence-corrected chi connectivity index (χ3v) is 4.13. The highest BCUT2D eigenvalue weighted by molar-refractivity contribution is 4.95. The van der Waals surface area contributed by atoms with E-state index in [1.807, 2.05) is 0 Å². The largest absolute Gasteiger partial charge is 0.198 e. The van der Waals surface area contributed by atoms with Crippen molar-refractivity contribution in [3.63, 3.8) is 0 Å². The Morgan fingerprint density at radius 2 is 1.65 bits per heavy atom. The lowest BCUT2D eigenvalue weighted by Crippen LogP contribution is -1.91. The minimum atomic E-state index is 0.723. The average Bonchev–Trinajstić information content (AvgIpc) is 2.97. The van der Waals surface area contributed by atoms with Gasteiger partial charge < -0.3 is 0 Å². The fraction of sp³-hybridized carbons (Fsp3) is 0.737. The molecule has 0 aromatic carbocycles. The number of rotatable bonds is 12. The smallest absolute Gasteiger partial charge is 0.0621 e. The Labute approximate surface area is 125 Å². The van der Waals surface area contributed by atoms with Crippen molar-refractivity contribution >= 4 is 0 Å². The highest BCUT2D eigenvalue weighted by Crippen LogP contribution is 2.23. The lowest BCUT2D eigenvalue weighted by atomic mass is 10.00. The molecule has 0 aromatic rings. The van der Waals surface area contributed by atoms with Crippen LogP contribution < -0.4 is 0 Å². The summed E-state index contributed by atoms with van der Waals surface area (Å²) in [5, 5.41) is 8.42. The normalized spacial score (nSPS) is 17.9. The lowest BCUT2D eigenvalue weighted by molar-refractivity contribution is 0.519. The van der Waals surface area contributed by atoms with Crippen LogP contribution in [0.4, 0.5) is 0 Å². The fourth-order valence-electron chi connectivity index (χ4n) is 2.84. The predicted molar refractivity (Wildman–Crippen MR) is 87.4 cm³/mol. The molecule has 0 aromatic heterocycles. The third-order valence-electron chi connectivity index (χ3n) is 4.13. The van der Waals surface area contributed by atoms with Gasteiger partial charge in [0.25, 0.3) is 0 Å². The van der Waals surface area contributed by atoms with Crippen molar-refractivity contribution in [1.29, 1.82) is 5.26 Å². The summed E-state index contributed by atoms with van der Waals surface area (Å²) in [5.74, 6) is 0.899. The Balaban J connectivity index is 1.75. The number of hydrogen-bond donors (Lipinski definition) is 0. The van der Waals surface area contributed by atoms with Gasteiger partial charge in [-0.3, -0.25) is 0 Å². The highest BCUT2D eigenvalue weighted by atomic mass is 14.2.